The van der Waals surface area contributed by atoms with Gasteiger partial charge in [0.1, 0.15) is 6.61 Å². The van der Waals surface area contributed by atoms with E-state index >= 15 is 0 Å². The van der Waals surface area contributed by atoms with Gasteiger partial charge in [-0.05, 0) is 5.56 Å². The molecule has 0 aliphatic carbocycles. The van der Waals surface area contributed by atoms with Crippen LogP contribution in [0.15, 0.2) is 47.3 Å². The zero-order valence-corrected chi connectivity index (χ0v) is 12.6. The lowest BCUT2D eigenvalue weighted by molar-refractivity contribution is 0.0522. The van der Waals surface area contributed by atoms with Crippen molar-refractivity contribution < 1.29 is 18.7 Å². The summed E-state index contributed by atoms with van der Waals surface area (Å²) in [6.45, 7) is 2.01. The summed E-state index contributed by atoms with van der Waals surface area (Å²) in [6.07, 6.45) is 2.26. The second-order valence-electron chi connectivity index (χ2n) is 5.19. The largest absolute Gasteiger partial charge is 0.445 e. The maximum absolute atomic E-state index is 12.1. The van der Waals surface area contributed by atoms with E-state index in [0.29, 0.717) is 26.2 Å². The Morgan fingerprint density at radius 1 is 1.09 bits per heavy atom. The molecular formula is C16H17N3O4. The van der Waals surface area contributed by atoms with Gasteiger partial charge in [0.15, 0.2) is 6.39 Å². The molecule has 2 amide bonds. The van der Waals surface area contributed by atoms with Crippen LogP contribution >= 0.6 is 0 Å². The molecular weight excluding hydrogens is 298 g/mol. The number of aromatic nitrogens is 1. The van der Waals surface area contributed by atoms with Crippen LogP contribution in [0.5, 0.6) is 0 Å². The van der Waals surface area contributed by atoms with Crippen LogP contribution in [0.3, 0.4) is 0 Å². The molecule has 1 aliphatic heterocycles. The summed E-state index contributed by atoms with van der Waals surface area (Å²) >= 11 is 0. The van der Waals surface area contributed by atoms with Gasteiger partial charge in [0.05, 0.1) is 6.20 Å². The lowest BCUT2D eigenvalue weighted by atomic mass is 10.2. The van der Waals surface area contributed by atoms with Gasteiger partial charge in [-0.3, -0.25) is 4.79 Å². The predicted octanol–water partition coefficient (Wildman–Crippen LogP) is 1.77. The van der Waals surface area contributed by atoms with Crippen LogP contribution in [0.4, 0.5) is 4.79 Å². The number of carbonyl (C=O) groups excluding carboxylic acids is 2. The average Bonchev–Trinajstić information content (AvgIpc) is 3.15. The Balaban J connectivity index is 1.47. The van der Waals surface area contributed by atoms with E-state index in [2.05, 4.69) is 4.98 Å². The fourth-order valence-corrected chi connectivity index (χ4v) is 2.38. The van der Waals surface area contributed by atoms with Gasteiger partial charge >= 0.3 is 6.09 Å². The number of amides is 2. The molecule has 1 fully saturated rings. The van der Waals surface area contributed by atoms with Crippen molar-refractivity contribution in [1.82, 2.24) is 14.8 Å². The van der Waals surface area contributed by atoms with Gasteiger partial charge in [-0.25, -0.2) is 9.78 Å². The zero-order valence-electron chi connectivity index (χ0n) is 12.6. The molecule has 120 valence electrons. The Hall–Kier alpha value is -2.83. The third kappa shape index (κ3) is 3.68. The molecule has 1 aliphatic rings. The summed E-state index contributed by atoms with van der Waals surface area (Å²) < 4.78 is 10.3. The molecule has 3 rings (SSSR count). The third-order valence-electron chi connectivity index (χ3n) is 3.67. The first-order valence-electron chi connectivity index (χ1n) is 7.37. The number of hydrogen-bond donors (Lipinski definition) is 0. The Bertz CT molecular complexity index is 649. The van der Waals surface area contributed by atoms with Crippen molar-refractivity contribution in [3.8, 4) is 0 Å². The van der Waals surface area contributed by atoms with E-state index in [1.807, 2.05) is 30.3 Å². The van der Waals surface area contributed by atoms with E-state index in [4.69, 9.17) is 9.15 Å². The van der Waals surface area contributed by atoms with Crippen molar-refractivity contribution in [3.05, 3.63) is 54.2 Å². The van der Waals surface area contributed by atoms with Gasteiger partial charge in [-0.2, -0.15) is 0 Å². The lowest BCUT2D eigenvalue weighted by Gasteiger charge is -2.33. The number of hydrogen-bond acceptors (Lipinski definition) is 5. The second-order valence-corrected chi connectivity index (χ2v) is 5.19. The highest BCUT2D eigenvalue weighted by atomic mass is 16.6. The molecule has 0 unspecified atom stereocenters. The molecule has 1 saturated heterocycles. The summed E-state index contributed by atoms with van der Waals surface area (Å²) in [4.78, 5) is 31.1. The fourth-order valence-electron chi connectivity index (χ4n) is 2.38. The number of rotatable bonds is 3. The van der Waals surface area contributed by atoms with Crippen LogP contribution in [-0.4, -0.2) is 53.0 Å². The molecule has 7 heteroatoms. The van der Waals surface area contributed by atoms with Crippen LogP contribution in [0, 0.1) is 0 Å². The van der Waals surface area contributed by atoms with Crippen LogP contribution in [0.1, 0.15) is 16.1 Å². The van der Waals surface area contributed by atoms with E-state index < -0.39 is 0 Å². The van der Waals surface area contributed by atoms with E-state index in [-0.39, 0.29) is 24.4 Å². The lowest BCUT2D eigenvalue weighted by Crippen LogP contribution is -2.50. The molecule has 0 radical (unpaired) electrons. The van der Waals surface area contributed by atoms with Crippen molar-refractivity contribution in [2.45, 2.75) is 6.61 Å². The number of ether oxygens (including phenoxy) is 1. The first-order valence-corrected chi connectivity index (χ1v) is 7.37. The van der Waals surface area contributed by atoms with Gasteiger partial charge in [-0.15, -0.1) is 0 Å². The third-order valence-corrected chi connectivity index (χ3v) is 3.67. The molecule has 0 atom stereocenters. The maximum Gasteiger partial charge on any atom is 0.410 e. The molecule has 1 aromatic heterocycles. The van der Waals surface area contributed by atoms with Crippen molar-refractivity contribution in [3.63, 3.8) is 0 Å². The highest BCUT2D eigenvalue weighted by Crippen LogP contribution is 2.10. The average molecular weight is 315 g/mol. The van der Waals surface area contributed by atoms with Gasteiger partial charge in [0, 0.05) is 26.2 Å². The number of nitrogens with zero attached hydrogens (tertiary/aromatic N) is 3. The fraction of sp³-hybridized carbons (Fsp3) is 0.312. The standard InChI is InChI=1S/C16H17N3O4/c20-15(14-10-17-12-23-14)18-6-8-19(9-7-18)16(21)22-11-13-4-2-1-3-5-13/h1-5,10,12H,6-9,11H2. The Morgan fingerprint density at radius 3 is 2.43 bits per heavy atom. The highest BCUT2D eigenvalue weighted by Gasteiger charge is 2.26. The second kappa shape index (κ2) is 6.95. The van der Waals surface area contributed by atoms with Crippen LogP contribution in [0.2, 0.25) is 0 Å². The minimum absolute atomic E-state index is 0.209. The topological polar surface area (TPSA) is 75.9 Å². The van der Waals surface area contributed by atoms with Crippen molar-refractivity contribution >= 4 is 12.0 Å². The van der Waals surface area contributed by atoms with Crippen LogP contribution in [0.25, 0.3) is 0 Å². The van der Waals surface area contributed by atoms with Gasteiger partial charge < -0.3 is 19.0 Å². The smallest absolute Gasteiger partial charge is 0.410 e. The number of piperazine rings is 1. The monoisotopic (exact) mass is 315 g/mol. The molecule has 0 saturated carbocycles. The summed E-state index contributed by atoms with van der Waals surface area (Å²) in [6, 6.07) is 9.52. The number of benzene rings is 1. The van der Waals surface area contributed by atoms with Gasteiger partial charge in [0.2, 0.25) is 5.76 Å². The van der Waals surface area contributed by atoms with E-state index in [9.17, 15) is 9.59 Å². The zero-order chi connectivity index (χ0) is 16.1. The molecule has 2 heterocycles. The van der Waals surface area contributed by atoms with Crippen LogP contribution < -0.4 is 0 Å². The van der Waals surface area contributed by atoms with E-state index in [1.165, 1.54) is 12.6 Å². The van der Waals surface area contributed by atoms with E-state index in [1.54, 1.807) is 9.80 Å². The number of oxazole rings is 1. The summed E-state index contributed by atoms with van der Waals surface area (Å²) in [5, 5.41) is 0. The summed E-state index contributed by atoms with van der Waals surface area (Å²) in [5.41, 5.74) is 0.944. The van der Waals surface area contributed by atoms with Crippen molar-refractivity contribution in [1.29, 1.82) is 0 Å². The normalized spacial score (nSPS) is 14.6. The molecule has 0 bridgehead atoms. The molecule has 0 N–H and O–H groups in total. The molecule has 2 aromatic rings. The summed E-state index contributed by atoms with van der Waals surface area (Å²) in [5.74, 6) is 0.00454. The van der Waals surface area contributed by atoms with Crippen molar-refractivity contribution in [2.24, 2.45) is 0 Å². The minimum atomic E-state index is -0.361. The quantitative estimate of drug-likeness (QED) is 0.863. The Kier molecular flexibility index (Phi) is 4.56. The van der Waals surface area contributed by atoms with Crippen molar-refractivity contribution in [2.75, 3.05) is 26.2 Å². The Labute approximate surface area is 133 Å². The predicted molar refractivity (Wildman–Crippen MR) is 80.6 cm³/mol. The SMILES string of the molecule is O=C(OCc1ccccc1)N1CCN(C(=O)c2cnco2)CC1. The number of carbonyl (C=O) groups is 2. The molecule has 7 nitrogen and oxygen atoms in total. The maximum atomic E-state index is 12.1. The first-order chi connectivity index (χ1) is 11.2. The first kappa shape index (κ1) is 15.1. The summed E-state index contributed by atoms with van der Waals surface area (Å²) in [7, 11) is 0. The Morgan fingerprint density at radius 2 is 1.78 bits per heavy atom. The minimum Gasteiger partial charge on any atom is -0.445 e. The van der Waals surface area contributed by atoms with Gasteiger partial charge in [0.25, 0.3) is 5.91 Å². The van der Waals surface area contributed by atoms with E-state index in [0.717, 1.165) is 5.56 Å². The molecule has 1 aromatic carbocycles. The molecule has 0 spiro atoms. The van der Waals surface area contributed by atoms with Gasteiger partial charge in [-0.1, -0.05) is 30.3 Å². The molecule has 23 heavy (non-hydrogen) atoms. The highest BCUT2D eigenvalue weighted by molar-refractivity contribution is 5.91. The van der Waals surface area contributed by atoms with Crippen LogP contribution in [-0.2, 0) is 11.3 Å².